The number of amides is 1. The van der Waals surface area contributed by atoms with E-state index in [0.29, 0.717) is 0 Å². The fourth-order valence-electron chi connectivity index (χ4n) is 1.74. The lowest BCUT2D eigenvalue weighted by Gasteiger charge is -2.13. The average molecular weight is 353 g/mol. The summed E-state index contributed by atoms with van der Waals surface area (Å²) in [6.07, 6.45) is 0. The Hall–Kier alpha value is -2.25. The van der Waals surface area contributed by atoms with Gasteiger partial charge in [-0.3, -0.25) is 14.9 Å². The molecule has 2 rings (SSSR count). The largest absolute Gasteiger partial charge is 0.508 e. The van der Waals surface area contributed by atoms with Crippen molar-refractivity contribution in [2.24, 2.45) is 0 Å². The van der Waals surface area contributed by atoms with E-state index in [9.17, 15) is 20.0 Å². The van der Waals surface area contributed by atoms with Crippen LogP contribution in [0.4, 0.5) is 11.4 Å². The lowest BCUT2D eigenvalue weighted by atomic mass is 10.2. The maximum Gasteiger partial charge on any atom is 0.271 e. The number of nitrogens with one attached hydrogen (secondary N) is 1. The molecule has 1 atom stereocenters. The molecule has 0 saturated heterocycles. The standard InChI is InChI=1S/C15H13ClN2O4S/c1-9(23-12-5-3-11(19)4-6-12)15(20)17-14-8-10(18(21)22)2-7-13(14)16/h2-9,19H,1H3,(H,17,20). The van der Waals surface area contributed by atoms with Crippen molar-refractivity contribution < 1.29 is 14.8 Å². The highest BCUT2D eigenvalue weighted by Gasteiger charge is 2.17. The first-order chi connectivity index (χ1) is 10.9. The molecule has 2 N–H and O–H groups in total. The van der Waals surface area contributed by atoms with Crippen molar-refractivity contribution in [2.45, 2.75) is 17.1 Å². The number of halogens is 1. The molecule has 0 bridgehead atoms. The number of phenols is 1. The van der Waals surface area contributed by atoms with Crippen LogP contribution in [-0.4, -0.2) is 21.2 Å². The Labute approximate surface area is 141 Å². The van der Waals surface area contributed by atoms with Gasteiger partial charge < -0.3 is 10.4 Å². The number of aromatic hydroxyl groups is 1. The second-order valence-electron chi connectivity index (χ2n) is 4.66. The molecule has 2 aromatic rings. The molecule has 8 heteroatoms. The second kappa shape index (κ2) is 7.34. The molecule has 0 saturated carbocycles. The topological polar surface area (TPSA) is 92.5 Å². The van der Waals surface area contributed by atoms with E-state index in [2.05, 4.69) is 5.32 Å². The molecule has 0 aliphatic carbocycles. The molecule has 0 spiro atoms. The normalized spacial score (nSPS) is 11.7. The van der Waals surface area contributed by atoms with Crippen LogP contribution in [0.1, 0.15) is 6.92 Å². The number of carbonyl (C=O) groups excluding carboxylic acids is 1. The first kappa shape index (κ1) is 17.1. The zero-order valence-electron chi connectivity index (χ0n) is 12.0. The molecule has 0 aliphatic rings. The van der Waals surface area contributed by atoms with Gasteiger partial charge in [-0.1, -0.05) is 11.6 Å². The van der Waals surface area contributed by atoms with Crippen LogP contribution in [0.25, 0.3) is 0 Å². The summed E-state index contributed by atoms with van der Waals surface area (Å²) in [6, 6.07) is 10.3. The molecule has 6 nitrogen and oxygen atoms in total. The van der Waals surface area contributed by atoms with Gasteiger partial charge in [-0.25, -0.2) is 0 Å². The van der Waals surface area contributed by atoms with Crippen LogP contribution in [-0.2, 0) is 4.79 Å². The Morgan fingerprint density at radius 1 is 1.30 bits per heavy atom. The number of nitro benzene ring substituents is 1. The van der Waals surface area contributed by atoms with Crippen LogP contribution in [0.2, 0.25) is 5.02 Å². The summed E-state index contributed by atoms with van der Waals surface area (Å²) < 4.78 is 0. The van der Waals surface area contributed by atoms with Gasteiger partial charge >= 0.3 is 0 Å². The summed E-state index contributed by atoms with van der Waals surface area (Å²) in [5.74, 6) is -0.180. The molecule has 1 unspecified atom stereocenters. The van der Waals surface area contributed by atoms with Gasteiger partial charge in [0.25, 0.3) is 5.69 Å². The monoisotopic (exact) mass is 352 g/mol. The number of hydrogen-bond acceptors (Lipinski definition) is 5. The molecule has 0 heterocycles. The molecular formula is C15H13ClN2O4S. The predicted molar refractivity (Wildman–Crippen MR) is 90.2 cm³/mol. The maximum atomic E-state index is 12.2. The highest BCUT2D eigenvalue weighted by Crippen LogP contribution is 2.29. The molecule has 1 amide bonds. The Balaban J connectivity index is 2.07. The van der Waals surface area contributed by atoms with E-state index in [4.69, 9.17) is 11.6 Å². The van der Waals surface area contributed by atoms with Crippen molar-refractivity contribution in [3.63, 3.8) is 0 Å². The Kier molecular flexibility index (Phi) is 5.46. The number of benzene rings is 2. The Morgan fingerprint density at radius 2 is 1.96 bits per heavy atom. The third kappa shape index (κ3) is 4.61. The van der Waals surface area contributed by atoms with E-state index in [1.165, 1.54) is 42.1 Å². The lowest BCUT2D eigenvalue weighted by Crippen LogP contribution is -2.22. The van der Waals surface area contributed by atoms with E-state index in [1.807, 2.05) is 0 Å². The first-order valence-corrected chi connectivity index (χ1v) is 7.83. The summed E-state index contributed by atoms with van der Waals surface area (Å²) in [7, 11) is 0. The first-order valence-electron chi connectivity index (χ1n) is 6.57. The van der Waals surface area contributed by atoms with E-state index >= 15 is 0 Å². The lowest BCUT2D eigenvalue weighted by molar-refractivity contribution is -0.384. The summed E-state index contributed by atoms with van der Waals surface area (Å²) in [5.41, 5.74) is 0.0487. The molecule has 0 radical (unpaired) electrons. The smallest absolute Gasteiger partial charge is 0.271 e. The average Bonchev–Trinajstić information content (AvgIpc) is 2.51. The number of non-ortho nitro benzene ring substituents is 1. The van der Waals surface area contributed by atoms with Crippen molar-refractivity contribution in [1.82, 2.24) is 0 Å². The minimum atomic E-state index is -0.555. The van der Waals surface area contributed by atoms with Crippen molar-refractivity contribution in [1.29, 1.82) is 0 Å². The third-order valence-corrected chi connectivity index (χ3v) is 4.38. The summed E-state index contributed by atoms with van der Waals surface area (Å²) in [4.78, 5) is 23.2. The zero-order valence-corrected chi connectivity index (χ0v) is 13.6. The van der Waals surface area contributed by atoms with Crippen LogP contribution in [0.3, 0.4) is 0 Å². The number of nitrogens with zero attached hydrogens (tertiary/aromatic N) is 1. The second-order valence-corrected chi connectivity index (χ2v) is 6.49. The van der Waals surface area contributed by atoms with Gasteiger partial charge in [0.2, 0.25) is 5.91 Å². The number of rotatable bonds is 5. The molecular weight excluding hydrogens is 340 g/mol. The van der Waals surface area contributed by atoms with Gasteiger partial charge in [0.15, 0.2) is 0 Å². The van der Waals surface area contributed by atoms with Gasteiger partial charge in [-0.2, -0.15) is 0 Å². The quantitative estimate of drug-likeness (QED) is 0.480. The van der Waals surface area contributed by atoms with Gasteiger partial charge in [0.1, 0.15) is 5.75 Å². The summed E-state index contributed by atoms with van der Waals surface area (Å²) in [5, 5.41) is 22.4. The van der Waals surface area contributed by atoms with E-state index < -0.39 is 10.2 Å². The molecule has 120 valence electrons. The molecule has 0 aliphatic heterocycles. The highest BCUT2D eigenvalue weighted by atomic mass is 35.5. The van der Waals surface area contributed by atoms with E-state index in [-0.39, 0.29) is 28.1 Å². The minimum Gasteiger partial charge on any atom is -0.508 e. The number of nitro groups is 1. The Bertz CT molecular complexity index is 737. The van der Waals surface area contributed by atoms with E-state index in [1.54, 1.807) is 19.1 Å². The molecule has 0 aromatic heterocycles. The van der Waals surface area contributed by atoms with Crippen molar-refractivity contribution in [3.8, 4) is 5.75 Å². The van der Waals surface area contributed by atoms with Crippen LogP contribution >= 0.6 is 23.4 Å². The van der Waals surface area contributed by atoms with Crippen LogP contribution in [0.5, 0.6) is 5.75 Å². The fraction of sp³-hybridized carbons (Fsp3) is 0.133. The van der Waals surface area contributed by atoms with Gasteiger partial charge in [-0.15, -0.1) is 11.8 Å². The summed E-state index contributed by atoms with van der Waals surface area (Å²) >= 11 is 7.25. The van der Waals surface area contributed by atoms with Crippen LogP contribution in [0.15, 0.2) is 47.4 Å². The minimum absolute atomic E-state index is 0.148. The fourth-order valence-corrected chi connectivity index (χ4v) is 2.77. The SMILES string of the molecule is CC(Sc1ccc(O)cc1)C(=O)Nc1cc([N+](=O)[O-])ccc1Cl. The maximum absolute atomic E-state index is 12.2. The number of carbonyl (C=O) groups is 1. The number of anilines is 1. The number of thioether (sulfide) groups is 1. The van der Waals surface area contributed by atoms with Crippen molar-refractivity contribution in [3.05, 3.63) is 57.6 Å². The molecule has 0 fully saturated rings. The van der Waals surface area contributed by atoms with Gasteiger partial charge in [0, 0.05) is 17.0 Å². The van der Waals surface area contributed by atoms with Gasteiger partial charge in [0.05, 0.1) is 20.9 Å². The van der Waals surface area contributed by atoms with E-state index in [0.717, 1.165) is 4.90 Å². The molecule has 2 aromatic carbocycles. The zero-order chi connectivity index (χ0) is 17.0. The Morgan fingerprint density at radius 3 is 2.57 bits per heavy atom. The van der Waals surface area contributed by atoms with Gasteiger partial charge in [-0.05, 0) is 37.3 Å². The van der Waals surface area contributed by atoms with Crippen molar-refractivity contribution in [2.75, 3.05) is 5.32 Å². The van der Waals surface area contributed by atoms with Crippen molar-refractivity contribution >= 4 is 40.6 Å². The van der Waals surface area contributed by atoms with Crippen LogP contribution < -0.4 is 5.32 Å². The third-order valence-electron chi connectivity index (χ3n) is 2.94. The number of hydrogen-bond donors (Lipinski definition) is 2. The predicted octanol–water partition coefficient (Wildman–Crippen LogP) is 4.07. The van der Waals surface area contributed by atoms with Crippen LogP contribution in [0, 0.1) is 10.1 Å². The molecule has 23 heavy (non-hydrogen) atoms. The number of phenolic OH excluding ortho intramolecular Hbond substituents is 1. The summed E-state index contributed by atoms with van der Waals surface area (Å²) in [6.45, 7) is 1.71. The highest BCUT2D eigenvalue weighted by molar-refractivity contribution is 8.00.